The first-order valence-electron chi connectivity index (χ1n) is 6.13. The average molecular weight is 287 g/mol. The topological polar surface area (TPSA) is 92.4 Å². The van der Waals surface area contributed by atoms with Gasteiger partial charge in [0.05, 0.1) is 13.3 Å². The predicted octanol–water partition coefficient (Wildman–Crippen LogP) is 0.516. The number of sulfonamides is 1. The number of H-pyrrole nitrogens is 1. The highest BCUT2D eigenvalue weighted by Gasteiger charge is 2.35. The molecule has 8 heteroatoms. The molecule has 0 aliphatic heterocycles. The number of nitrogens with one attached hydrogen (secondary N) is 1. The minimum absolute atomic E-state index is 0.00306. The van der Waals surface area contributed by atoms with Crippen LogP contribution >= 0.6 is 0 Å². The Labute approximate surface area is 112 Å². The smallest absolute Gasteiger partial charge is 0.321 e. The van der Waals surface area contributed by atoms with Gasteiger partial charge in [0.15, 0.2) is 5.03 Å². The van der Waals surface area contributed by atoms with Crippen LogP contribution in [0.1, 0.15) is 25.7 Å². The molecule has 0 atom stereocenters. The predicted molar refractivity (Wildman–Crippen MR) is 66.8 cm³/mol. The fourth-order valence-electron chi connectivity index (χ4n) is 2.31. The van der Waals surface area contributed by atoms with Crippen LogP contribution in [0.4, 0.5) is 0 Å². The largest absolute Gasteiger partial charge is 0.468 e. The van der Waals surface area contributed by atoms with Crippen LogP contribution in [0.2, 0.25) is 0 Å². The molecule has 2 rings (SSSR count). The van der Waals surface area contributed by atoms with Crippen LogP contribution < -0.4 is 0 Å². The maximum absolute atomic E-state index is 12.5. The summed E-state index contributed by atoms with van der Waals surface area (Å²) in [4.78, 5) is 11.4. The normalized spacial score (nSPS) is 16.9. The van der Waals surface area contributed by atoms with E-state index >= 15 is 0 Å². The zero-order chi connectivity index (χ0) is 13.9. The summed E-state index contributed by atoms with van der Waals surface area (Å²) in [6.45, 7) is -0.261. The molecular formula is C11H17N3O4S. The highest BCUT2D eigenvalue weighted by atomic mass is 32.2. The molecule has 7 nitrogen and oxygen atoms in total. The molecule has 0 amide bonds. The van der Waals surface area contributed by atoms with Crippen molar-refractivity contribution in [2.75, 3.05) is 13.7 Å². The van der Waals surface area contributed by atoms with Gasteiger partial charge in [-0.05, 0) is 18.9 Å². The van der Waals surface area contributed by atoms with E-state index in [1.54, 1.807) is 0 Å². The van der Waals surface area contributed by atoms with Crippen molar-refractivity contribution < 1.29 is 17.9 Å². The molecule has 1 N–H and O–H groups in total. The van der Waals surface area contributed by atoms with Gasteiger partial charge in [0.25, 0.3) is 10.0 Å². The lowest BCUT2D eigenvalue weighted by atomic mass is 10.2. The molecule has 0 radical (unpaired) electrons. The second kappa shape index (κ2) is 5.70. The van der Waals surface area contributed by atoms with E-state index in [-0.39, 0.29) is 17.6 Å². The molecule has 1 fully saturated rings. The summed E-state index contributed by atoms with van der Waals surface area (Å²) in [5, 5.41) is 6.09. The number of ether oxygens (including phenoxy) is 1. The van der Waals surface area contributed by atoms with Crippen molar-refractivity contribution in [3.8, 4) is 0 Å². The number of methoxy groups -OCH3 is 1. The van der Waals surface area contributed by atoms with Gasteiger partial charge in [-0.25, -0.2) is 8.42 Å². The Morgan fingerprint density at radius 1 is 1.53 bits per heavy atom. The summed E-state index contributed by atoms with van der Waals surface area (Å²) in [5.41, 5.74) is 0. The molecule has 1 aromatic rings. The first-order chi connectivity index (χ1) is 9.05. The minimum atomic E-state index is -3.73. The summed E-state index contributed by atoms with van der Waals surface area (Å²) in [6.07, 6.45) is 4.86. The zero-order valence-corrected chi connectivity index (χ0v) is 11.5. The standard InChI is InChI=1S/C11H17N3O4S/c1-18-11(15)8-14(9-4-2-3-5-9)19(16,17)10-6-7-12-13-10/h6-7,9H,2-5,8H2,1H3,(H,12,13). The Balaban J connectivity index is 2.28. The van der Waals surface area contributed by atoms with E-state index in [9.17, 15) is 13.2 Å². The van der Waals surface area contributed by atoms with Crippen molar-refractivity contribution in [3.63, 3.8) is 0 Å². The first kappa shape index (κ1) is 14.0. The molecule has 0 aromatic carbocycles. The molecule has 106 valence electrons. The van der Waals surface area contributed by atoms with Crippen molar-refractivity contribution in [3.05, 3.63) is 12.3 Å². The minimum Gasteiger partial charge on any atom is -0.468 e. The fourth-order valence-corrected chi connectivity index (χ4v) is 3.84. The van der Waals surface area contributed by atoms with E-state index in [0.29, 0.717) is 0 Å². The highest BCUT2D eigenvalue weighted by Crippen LogP contribution is 2.27. The first-order valence-corrected chi connectivity index (χ1v) is 7.57. The van der Waals surface area contributed by atoms with Gasteiger partial charge in [0.2, 0.25) is 0 Å². The molecule has 1 saturated carbocycles. The van der Waals surface area contributed by atoms with Crippen LogP contribution in [-0.4, -0.2) is 48.6 Å². The van der Waals surface area contributed by atoms with Gasteiger partial charge in [-0.15, -0.1) is 0 Å². The van der Waals surface area contributed by atoms with E-state index in [4.69, 9.17) is 0 Å². The third-order valence-electron chi connectivity index (χ3n) is 3.31. The number of aromatic amines is 1. The molecule has 0 unspecified atom stereocenters. The molecule has 0 saturated heterocycles. The quantitative estimate of drug-likeness (QED) is 0.797. The maximum Gasteiger partial charge on any atom is 0.321 e. The number of hydrogen-bond acceptors (Lipinski definition) is 5. The van der Waals surface area contributed by atoms with Crippen LogP contribution in [0, 0.1) is 0 Å². The van der Waals surface area contributed by atoms with Crippen LogP contribution in [0.3, 0.4) is 0 Å². The number of hydrogen-bond donors (Lipinski definition) is 1. The molecular weight excluding hydrogens is 270 g/mol. The number of carbonyl (C=O) groups excluding carboxylic acids is 1. The molecule has 19 heavy (non-hydrogen) atoms. The third kappa shape index (κ3) is 2.95. The lowest BCUT2D eigenvalue weighted by Crippen LogP contribution is -2.42. The van der Waals surface area contributed by atoms with Gasteiger partial charge in [-0.3, -0.25) is 9.89 Å². The van der Waals surface area contributed by atoms with Crippen molar-refractivity contribution in [2.45, 2.75) is 36.8 Å². The summed E-state index contributed by atoms with van der Waals surface area (Å²) in [7, 11) is -2.48. The van der Waals surface area contributed by atoms with Crippen LogP contribution in [0.15, 0.2) is 17.3 Å². The van der Waals surface area contributed by atoms with Crippen molar-refractivity contribution in [2.24, 2.45) is 0 Å². The van der Waals surface area contributed by atoms with E-state index in [1.807, 2.05) is 0 Å². The van der Waals surface area contributed by atoms with Crippen LogP contribution in [-0.2, 0) is 19.6 Å². The number of rotatable bonds is 5. The van der Waals surface area contributed by atoms with Crippen molar-refractivity contribution in [1.82, 2.24) is 14.5 Å². The summed E-state index contributed by atoms with van der Waals surface area (Å²) in [6, 6.07) is 1.24. The van der Waals surface area contributed by atoms with Gasteiger partial charge >= 0.3 is 5.97 Å². The second-order valence-electron chi connectivity index (χ2n) is 4.49. The highest BCUT2D eigenvalue weighted by molar-refractivity contribution is 7.89. The Bertz CT molecular complexity index is 520. The van der Waals surface area contributed by atoms with E-state index in [1.165, 1.54) is 23.7 Å². The second-order valence-corrected chi connectivity index (χ2v) is 6.34. The van der Waals surface area contributed by atoms with Gasteiger partial charge in [-0.1, -0.05) is 12.8 Å². The molecule has 1 aliphatic carbocycles. The van der Waals surface area contributed by atoms with Gasteiger partial charge < -0.3 is 4.74 Å². The Morgan fingerprint density at radius 3 is 2.74 bits per heavy atom. The third-order valence-corrected chi connectivity index (χ3v) is 5.13. The zero-order valence-electron chi connectivity index (χ0n) is 10.7. The summed E-state index contributed by atoms with van der Waals surface area (Å²) in [5.74, 6) is -0.560. The monoisotopic (exact) mass is 287 g/mol. The SMILES string of the molecule is COC(=O)CN(C1CCCC1)S(=O)(=O)c1ccn[nH]1. The number of carbonyl (C=O) groups is 1. The van der Waals surface area contributed by atoms with Gasteiger partial charge in [0.1, 0.15) is 6.54 Å². The average Bonchev–Trinajstić information content (AvgIpc) is 3.07. The van der Waals surface area contributed by atoms with Crippen molar-refractivity contribution >= 4 is 16.0 Å². The lowest BCUT2D eigenvalue weighted by Gasteiger charge is -2.26. The van der Waals surface area contributed by atoms with E-state index < -0.39 is 16.0 Å². The summed E-state index contributed by atoms with van der Waals surface area (Å²) < 4.78 is 30.8. The molecule has 1 aromatic heterocycles. The Kier molecular flexibility index (Phi) is 4.20. The van der Waals surface area contributed by atoms with Gasteiger partial charge in [0, 0.05) is 6.04 Å². The van der Waals surface area contributed by atoms with Crippen molar-refractivity contribution in [1.29, 1.82) is 0 Å². The molecule has 1 aliphatic rings. The molecule has 0 spiro atoms. The fraction of sp³-hybridized carbons (Fsp3) is 0.636. The molecule has 1 heterocycles. The Hall–Kier alpha value is -1.41. The van der Waals surface area contributed by atoms with E-state index in [0.717, 1.165) is 25.7 Å². The number of esters is 1. The Morgan fingerprint density at radius 2 is 2.21 bits per heavy atom. The maximum atomic E-state index is 12.5. The number of aromatic nitrogens is 2. The summed E-state index contributed by atoms with van der Waals surface area (Å²) >= 11 is 0. The molecule has 0 bridgehead atoms. The lowest BCUT2D eigenvalue weighted by molar-refractivity contribution is -0.141. The number of nitrogens with zero attached hydrogens (tertiary/aromatic N) is 2. The van der Waals surface area contributed by atoms with E-state index in [2.05, 4.69) is 14.9 Å². The van der Waals surface area contributed by atoms with Crippen LogP contribution in [0.25, 0.3) is 0 Å². The van der Waals surface area contributed by atoms with Gasteiger partial charge in [-0.2, -0.15) is 9.40 Å². The van der Waals surface area contributed by atoms with Crippen LogP contribution in [0.5, 0.6) is 0 Å².